The highest BCUT2D eigenvalue weighted by molar-refractivity contribution is 9.10. The van der Waals surface area contributed by atoms with Crippen molar-refractivity contribution in [3.8, 4) is 5.75 Å². The zero-order chi connectivity index (χ0) is 20.7. The van der Waals surface area contributed by atoms with Crippen LogP contribution in [-0.4, -0.2) is 29.1 Å². The van der Waals surface area contributed by atoms with E-state index < -0.39 is 0 Å². The third-order valence-corrected chi connectivity index (χ3v) is 5.11. The van der Waals surface area contributed by atoms with Gasteiger partial charge < -0.3 is 9.84 Å². The molecule has 0 bridgehead atoms. The quantitative estimate of drug-likeness (QED) is 0.483. The maximum absolute atomic E-state index is 13.0. The summed E-state index contributed by atoms with van der Waals surface area (Å²) in [6.07, 6.45) is 5.10. The minimum absolute atomic E-state index is 0.0790. The van der Waals surface area contributed by atoms with E-state index in [-0.39, 0.29) is 11.7 Å². The molecule has 1 N–H and O–H groups in total. The Morgan fingerprint density at radius 3 is 2.75 bits per heavy atom. The van der Waals surface area contributed by atoms with Crippen molar-refractivity contribution < 1.29 is 14.6 Å². The number of allylic oxidation sites excluding steroid dienone is 2. The summed E-state index contributed by atoms with van der Waals surface area (Å²) in [5.41, 5.74) is 3.54. The fraction of sp³-hybridized carbons (Fsp3) is 0.364. The normalized spacial score (nSPS) is 15.8. The van der Waals surface area contributed by atoms with Crippen molar-refractivity contribution in [1.29, 1.82) is 0 Å². The molecule has 1 aliphatic rings. The van der Waals surface area contributed by atoms with E-state index in [0.29, 0.717) is 30.2 Å². The Kier molecular flexibility index (Phi) is 8.67. The number of pyridine rings is 1. The van der Waals surface area contributed by atoms with Crippen molar-refractivity contribution in [2.24, 2.45) is 5.92 Å². The molecule has 2 aromatic rings. The monoisotopic (exact) mass is 465 g/mol. The maximum atomic E-state index is 13.0. The fourth-order valence-electron chi connectivity index (χ4n) is 2.99. The van der Waals surface area contributed by atoms with Crippen molar-refractivity contribution in [1.82, 2.24) is 4.98 Å². The molecule has 1 aromatic carbocycles. The predicted molar refractivity (Wildman–Crippen MR) is 117 cm³/mol. The number of carbonyl (C=O) groups excluding carboxylic acids is 1. The van der Waals surface area contributed by atoms with Crippen LogP contribution < -0.4 is 4.74 Å². The number of ether oxygens (including phenoxy) is 1. The topological polar surface area (TPSA) is 59.4 Å². The van der Waals surface area contributed by atoms with Crippen molar-refractivity contribution in [2.45, 2.75) is 33.6 Å². The van der Waals surface area contributed by atoms with E-state index in [4.69, 9.17) is 21.4 Å². The molecule has 1 aliphatic heterocycles. The second-order valence-electron chi connectivity index (χ2n) is 6.58. The van der Waals surface area contributed by atoms with Gasteiger partial charge in [0.2, 0.25) is 0 Å². The fourth-order valence-corrected chi connectivity index (χ4v) is 3.63. The minimum Gasteiger partial charge on any atom is -0.493 e. The number of Topliss-reactive ketones (excluding diaryl/α,β-unsaturated/α-hetero) is 1. The summed E-state index contributed by atoms with van der Waals surface area (Å²) in [6.45, 7) is 6.49. The first-order valence-electron chi connectivity index (χ1n) is 9.26. The first-order chi connectivity index (χ1) is 13.4. The number of aryl methyl sites for hydroxylation is 1. The summed E-state index contributed by atoms with van der Waals surface area (Å²) in [6, 6.07) is 7.45. The molecule has 0 saturated heterocycles. The molecule has 4 nitrogen and oxygen atoms in total. The van der Waals surface area contributed by atoms with Gasteiger partial charge in [-0.1, -0.05) is 24.6 Å². The average Bonchev–Trinajstić information content (AvgIpc) is 2.69. The number of fused-ring (bicyclic) bond motifs is 1. The number of benzene rings is 1. The molecule has 1 aromatic heterocycles. The molecule has 0 fully saturated rings. The Morgan fingerprint density at radius 1 is 1.43 bits per heavy atom. The number of halogens is 2. The number of aromatic nitrogens is 1. The van der Waals surface area contributed by atoms with Crippen molar-refractivity contribution >= 4 is 38.9 Å². The van der Waals surface area contributed by atoms with Crippen LogP contribution in [0.25, 0.3) is 5.57 Å². The van der Waals surface area contributed by atoms with Crippen LogP contribution in [0.4, 0.5) is 0 Å². The Hall–Kier alpha value is -1.69. The molecular weight excluding hydrogens is 442 g/mol. The Bertz CT molecular complexity index is 865. The molecule has 0 saturated carbocycles. The average molecular weight is 467 g/mol. The molecule has 6 heteroatoms. The number of hydrogen-bond acceptors (Lipinski definition) is 4. The lowest BCUT2D eigenvalue weighted by atomic mass is 9.86. The Balaban J connectivity index is 0.000000640. The van der Waals surface area contributed by atoms with Crippen LogP contribution in [0.2, 0.25) is 5.02 Å². The predicted octanol–water partition coefficient (Wildman–Crippen LogP) is 5.42. The van der Waals surface area contributed by atoms with Gasteiger partial charge in [0.1, 0.15) is 10.4 Å². The standard InChI is InChI=1S/C19H17BrClNO2.C3H8O/c1-3-15(16-9-22-18(20)6-11(16)2)19(23)13-7-12-8-14(21)4-5-17(12)24-10-13;1-2-3-4/h3-6,8-9,13H,7,10H2,1-2H3;4H,2-3H2,1H3/b15-3+;. The van der Waals surface area contributed by atoms with E-state index in [1.165, 1.54) is 0 Å². The number of carbonyl (C=O) groups is 1. The van der Waals surface area contributed by atoms with E-state index >= 15 is 0 Å². The molecule has 0 aliphatic carbocycles. The van der Waals surface area contributed by atoms with Crippen molar-refractivity contribution in [3.63, 3.8) is 0 Å². The molecule has 1 unspecified atom stereocenters. The largest absolute Gasteiger partial charge is 0.493 e. The number of hydrogen-bond donors (Lipinski definition) is 1. The van der Waals surface area contributed by atoms with Crippen molar-refractivity contribution in [3.05, 3.63) is 62.9 Å². The van der Waals surface area contributed by atoms with Crippen LogP contribution in [0.1, 0.15) is 37.0 Å². The lowest BCUT2D eigenvalue weighted by Crippen LogP contribution is -2.29. The van der Waals surface area contributed by atoms with Crippen LogP contribution in [-0.2, 0) is 11.2 Å². The summed E-state index contributed by atoms with van der Waals surface area (Å²) < 4.78 is 6.52. The number of aliphatic hydroxyl groups excluding tert-OH is 1. The van der Waals surface area contributed by atoms with Gasteiger partial charge in [0.15, 0.2) is 5.78 Å². The number of nitrogens with zero attached hydrogens (tertiary/aromatic N) is 1. The van der Waals surface area contributed by atoms with Gasteiger partial charge in [-0.15, -0.1) is 0 Å². The van der Waals surface area contributed by atoms with Gasteiger partial charge in [-0.05, 0) is 78.0 Å². The molecule has 1 atom stereocenters. The molecular formula is C22H25BrClNO3. The van der Waals surface area contributed by atoms with E-state index in [1.54, 1.807) is 12.3 Å². The zero-order valence-electron chi connectivity index (χ0n) is 16.3. The summed E-state index contributed by atoms with van der Waals surface area (Å²) in [7, 11) is 0. The second kappa shape index (κ2) is 10.7. The van der Waals surface area contributed by atoms with Gasteiger partial charge in [-0.2, -0.15) is 0 Å². The Labute approximate surface area is 179 Å². The van der Waals surface area contributed by atoms with E-state index in [1.807, 2.05) is 45.0 Å². The zero-order valence-corrected chi connectivity index (χ0v) is 18.7. The SMILES string of the molecule is C/C=C(/C(=O)C1COc2ccc(Cl)cc2C1)c1cnc(Br)cc1C.CCCO. The van der Waals surface area contributed by atoms with Crippen LogP contribution in [0.15, 0.2) is 41.1 Å². The van der Waals surface area contributed by atoms with Crippen LogP contribution in [0, 0.1) is 12.8 Å². The summed E-state index contributed by atoms with van der Waals surface area (Å²) in [5, 5.41) is 8.53. The van der Waals surface area contributed by atoms with E-state index in [9.17, 15) is 4.79 Å². The Morgan fingerprint density at radius 2 is 2.14 bits per heavy atom. The molecule has 0 radical (unpaired) electrons. The van der Waals surface area contributed by atoms with E-state index in [2.05, 4.69) is 20.9 Å². The number of ketones is 1. The molecule has 150 valence electrons. The second-order valence-corrected chi connectivity index (χ2v) is 7.83. The highest BCUT2D eigenvalue weighted by Crippen LogP contribution is 2.33. The maximum Gasteiger partial charge on any atom is 0.170 e. The third-order valence-electron chi connectivity index (χ3n) is 4.45. The van der Waals surface area contributed by atoms with Gasteiger partial charge in [-0.25, -0.2) is 4.98 Å². The summed E-state index contributed by atoms with van der Waals surface area (Å²) in [4.78, 5) is 17.3. The highest BCUT2D eigenvalue weighted by Gasteiger charge is 2.29. The van der Waals surface area contributed by atoms with Crippen LogP contribution in [0.5, 0.6) is 5.75 Å². The van der Waals surface area contributed by atoms with Gasteiger partial charge in [0.25, 0.3) is 0 Å². The molecule has 0 amide bonds. The lowest BCUT2D eigenvalue weighted by molar-refractivity contribution is -0.118. The van der Waals surface area contributed by atoms with E-state index in [0.717, 1.165) is 33.5 Å². The third kappa shape index (κ3) is 5.66. The summed E-state index contributed by atoms with van der Waals surface area (Å²) in [5.74, 6) is 0.674. The molecule has 28 heavy (non-hydrogen) atoms. The smallest absolute Gasteiger partial charge is 0.170 e. The van der Waals surface area contributed by atoms with Crippen molar-refractivity contribution in [2.75, 3.05) is 13.2 Å². The number of aliphatic hydroxyl groups is 1. The highest BCUT2D eigenvalue weighted by atomic mass is 79.9. The van der Waals surface area contributed by atoms with Crippen LogP contribution >= 0.6 is 27.5 Å². The van der Waals surface area contributed by atoms with Gasteiger partial charge in [0.05, 0.1) is 12.5 Å². The molecule has 3 rings (SSSR count). The van der Waals surface area contributed by atoms with Gasteiger partial charge in [0, 0.05) is 29.0 Å². The first kappa shape index (κ1) is 22.6. The minimum atomic E-state index is -0.217. The molecule has 0 spiro atoms. The van der Waals surface area contributed by atoms with Crippen LogP contribution in [0.3, 0.4) is 0 Å². The molecule has 2 heterocycles. The lowest BCUT2D eigenvalue weighted by Gasteiger charge is -2.25. The first-order valence-corrected chi connectivity index (χ1v) is 10.4. The summed E-state index contributed by atoms with van der Waals surface area (Å²) >= 11 is 9.42. The number of rotatable bonds is 4. The van der Waals surface area contributed by atoms with Gasteiger partial charge in [-0.3, -0.25) is 4.79 Å². The van der Waals surface area contributed by atoms with Gasteiger partial charge >= 0.3 is 0 Å².